The SMILES string of the molecule is Cc1nn(C)c(C)c1CNC(=O)C(=O)NCC(N)=S. The van der Waals surface area contributed by atoms with E-state index in [1.807, 2.05) is 20.9 Å². The molecule has 0 spiro atoms. The quantitative estimate of drug-likeness (QED) is 0.489. The highest BCUT2D eigenvalue weighted by atomic mass is 32.1. The Morgan fingerprint density at radius 1 is 1.32 bits per heavy atom. The Kier molecular flexibility index (Phi) is 4.99. The van der Waals surface area contributed by atoms with Gasteiger partial charge >= 0.3 is 11.8 Å². The number of hydrogen-bond donors (Lipinski definition) is 3. The summed E-state index contributed by atoms with van der Waals surface area (Å²) in [6, 6.07) is 0. The molecule has 0 saturated heterocycles. The summed E-state index contributed by atoms with van der Waals surface area (Å²) < 4.78 is 1.73. The van der Waals surface area contributed by atoms with E-state index in [4.69, 9.17) is 5.73 Å². The number of hydrogen-bond acceptors (Lipinski definition) is 4. The maximum absolute atomic E-state index is 11.5. The van der Waals surface area contributed by atoms with Crippen molar-refractivity contribution in [1.29, 1.82) is 0 Å². The third kappa shape index (κ3) is 4.02. The highest BCUT2D eigenvalue weighted by Crippen LogP contribution is 2.10. The first-order chi connectivity index (χ1) is 8.82. The normalized spacial score (nSPS) is 10.1. The average Bonchev–Trinajstić information content (AvgIpc) is 2.58. The van der Waals surface area contributed by atoms with Gasteiger partial charge in [0.2, 0.25) is 0 Å². The molecule has 8 heteroatoms. The summed E-state index contributed by atoms with van der Waals surface area (Å²) >= 11 is 4.60. The molecule has 1 heterocycles. The van der Waals surface area contributed by atoms with Crippen molar-refractivity contribution < 1.29 is 9.59 Å². The largest absolute Gasteiger partial charge is 0.392 e. The molecule has 0 bridgehead atoms. The third-order valence-electron chi connectivity index (χ3n) is 2.71. The fourth-order valence-corrected chi connectivity index (χ4v) is 1.64. The van der Waals surface area contributed by atoms with E-state index in [-0.39, 0.29) is 18.1 Å². The fourth-order valence-electron chi connectivity index (χ4n) is 1.57. The molecule has 0 aliphatic rings. The van der Waals surface area contributed by atoms with Gasteiger partial charge in [-0.2, -0.15) is 5.10 Å². The monoisotopic (exact) mass is 283 g/mol. The standard InChI is InChI=1S/C11H17N5O2S/c1-6-8(7(2)16(3)15-6)4-13-10(17)11(18)14-5-9(12)19/h4-5H2,1-3H3,(H2,12,19)(H,13,17)(H,14,18). The molecule has 19 heavy (non-hydrogen) atoms. The van der Waals surface area contributed by atoms with Gasteiger partial charge in [0, 0.05) is 24.8 Å². The van der Waals surface area contributed by atoms with Crippen molar-refractivity contribution >= 4 is 29.0 Å². The number of amides is 2. The highest BCUT2D eigenvalue weighted by Gasteiger charge is 2.15. The van der Waals surface area contributed by atoms with Crippen LogP contribution in [0, 0.1) is 13.8 Å². The minimum atomic E-state index is -0.757. The Bertz CT molecular complexity index is 523. The maximum Gasteiger partial charge on any atom is 0.309 e. The molecule has 2 amide bonds. The van der Waals surface area contributed by atoms with E-state index in [1.54, 1.807) is 4.68 Å². The van der Waals surface area contributed by atoms with Crippen molar-refractivity contribution in [2.75, 3.05) is 6.54 Å². The molecule has 1 aromatic heterocycles. The number of nitrogens with two attached hydrogens (primary N) is 1. The van der Waals surface area contributed by atoms with E-state index >= 15 is 0 Å². The van der Waals surface area contributed by atoms with Crippen molar-refractivity contribution in [2.45, 2.75) is 20.4 Å². The lowest BCUT2D eigenvalue weighted by molar-refractivity contribution is -0.139. The molecule has 0 aliphatic carbocycles. The zero-order chi connectivity index (χ0) is 14.6. The molecule has 0 unspecified atom stereocenters. The van der Waals surface area contributed by atoms with Crippen molar-refractivity contribution in [3.8, 4) is 0 Å². The third-order valence-corrected chi connectivity index (χ3v) is 2.86. The molecule has 0 radical (unpaired) electrons. The zero-order valence-corrected chi connectivity index (χ0v) is 11.9. The molecule has 0 aromatic carbocycles. The van der Waals surface area contributed by atoms with Crippen LogP contribution in [-0.2, 0) is 23.2 Å². The fraction of sp³-hybridized carbons (Fsp3) is 0.455. The topological polar surface area (TPSA) is 102 Å². The number of aryl methyl sites for hydroxylation is 2. The summed E-state index contributed by atoms with van der Waals surface area (Å²) in [7, 11) is 1.82. The van der Waals surface area contributed by atoms with Crippen LogP contribution in [0.2, 0.25) is 0 Å². The van der Waals surface area contributed by atoms with Crippen LogP contribution < -0.4 is 16.4 Å². The van der Waals surface area contributed by atoms with Crippen molar-refractivity contribution in [1.82, 2.24) is 20.4 Å². The first-order valence-electron chi connectivity index (χ1n) is 5.66. The van der Waals surface area contributed by atoms with Gasteiger partial charge in [-0.3, -0.25) is 14.3 Å². The first-order valence-corrected chi connectivity index (χ1v) is 6.07. The van der Waals surface area contributed by atoms with E-state index in [0.29, 0.717) is 0 Å². The number of thiocarbonyl (C=S) groups is 1. The van der Waals surface area contributed by atoms with E-state index in [2.05, 4.69) is 28.0 Å². The Morgan fingerprint density at radius 3 is 2.37 bits per heavy atom. The highest BCUT2D eigenvalue weighted by molar-refractivity contribution is 7.80. The van der Waals surface area contributed by atoms with Gasteiger partial charge < -0.3 is 16.4 Å². The van der Waals surface area contributed by atoms with Gasteiger partial charge in [0.05, 0.1) is 17.2 Å². The maximum atomic E-state index is 11.5. The molecule has 1 rings (SSSR count). The Balaban J connectivity index is 2.54. The van der Waals surface area contributed by atoms with Crippen LogP contribution in [0.15, 0.2) is 0 Å². The van der Waals surface area contributed by atoms with Crippen LogP contribution in [0.1, 0.15) is 17.0 Å². The Hall–Kier alpha value is -1.96. The molecule has 0 aliphatic heterocycles. The van der Waals surface area contributed by atoms with Crippen molar-refractivity contribution in [3.63, 3.8) is 0 Å². The van der Waals surface area contributed by atoms with Crippen LogP contribution >= 0.6 is 12.2 Å². The lowest BCUT2D eigenvalue weighted by Crippen LogP contribution is -2.42. The van der Waals surface area contributed by atoms with E-state index in [9.17, 15) is 9.59 Å². The second-order valence-corrected chi connectivity index (χ2v) is 4.63. The first kappa shape index (κ1) is 15.1. The van der Waals surface area contributed by atoms with Gasteiger partial charge in [0.15, 0.2) is 0 Å². The van der Waals surface area contributed by atoms with Crippen LogP contribution in [-0.4, -0.2) is 33.1 Å². The molecular weight excluding hydrogens is 266 g/mol. The molecule has 4 N–H and O–H groups in total. The Morgan fingerprint density at radius 2 is 1.89 bits per heavy atom. The summed E-state index contributed by atoms with van der Waals surface area (Å²) in [5.74, 6) is -1.48. The van der Waals surface area contributed by atoms with Crippen LogP contribution in [0.5, 0.6) is 0 Å². The molecule has 1 aromatic rings. The van der Waals surface area contributed by atoms with Crippen molar-refractivity contribution in [2.24, 2.45) is 12.8 Å². The number of carbonyl (C=O) groups excluding carboxylic acids is 2. The second-order valence-electron chi connectivity index (χ2n) is 4.10. The minimum Gasteiger partial charge on any atom is -0.392 e. The number of nitrogens with zero attached hydrogens (tertiary/aromatic N) is 2. The van der Waals surface area contributed by atoms with Crippen LogP contribution in [0.25, 0.3) is 0 Å². The van der Waals surface area contributed by atoms with E-state index in [0.717, 1.165) is 17.0 Å². The summed E-state index contributed by atoms with van der Waals surface area (Å²) in [5.41, 5.74) is 7.89. The zero-order valence-electron chi connectivity index (χ0n) is 11.1. The van der Waals surface area contributed by atoms with Gasteiger partial charge in [0.25, 0.3) is 0 Å². The van der Waals surface area contributed by atoms with Crippen molar-refractivity contribution in [3.05, 3.63) is 17.0 Å². The summed E-state index contributed by atoms with van der Waals surface area (Å²) in [5, 5.41) is 9.07. The Labute approximate surface area is 116 Å². The lowest BCUT2D eigenvalue weighted by atomic mass is 10.2. The molecule has 0 atom stereocenters. The van der Waals surface area contributed by atoms with Crippen LogP contribution in [0.3, 0.4) is 0 Å². The lowest BCUT2D eigenvalue weighted by Gasteiger charge is -2.06. The summed E-state index contributed by atoms with van der Waals surface area (Å²) in [6.07, 6.45) is 0. The molecule has 104 valence electrons. The van der Waals surface area contributed by atoms with E-state index in [1.165, 1.54) is 0 Å². The number of carbonyl (C=O) groups is 2. The number of rotatable bonds is 4. The number of aromatic nitrogens is 2. The smallest absolute Gasteiger partial charge is 0.309 e. The molecule has 0 saturated carbocycles. The van der Waals surface area contributed by atoms with Gasteiger partial charge in [-0.15, -0.1) is 0 Å². The minimum absolute atomic E-state index is 0.00648. The van der Waals surface area contributed by atoms with Gasteiger partial charge in [0.1, 0.15) is 0 Å². The van der Waals surface area contributed by atoms with Gasteiger partial charge in [-0.25, -0.2) is 0 Å². The van der Waals surface area contributed by atoms with E-state index < -0.39 is 11.8 Å². The molecule has 0 fully saturated rings. The predicted molar refractivity (Wildman–Crippen MR) is 74.3 cm³/mol. The van der Waals surface area contributed by atoms with Gasteiger partial charge in [-0.1, -0.05) is 12.2 Å². The number of nitrogens with one attached hydrogen (secondary N) is 2. The summed E-state index contributed by atoms with van der Waals surface area (Å²) in [4.78, 5) is 23.0. The average molecular weight is 283 g/mol. The molecular formula is C11H17N5O2S. The van der Waals surface area contributed by atoms with Crippen LogP contribution in [0.4, 0.5) is 0 Å². The summed E-state index contributed by atoms with van der Waals surface area (Å²) in [6.45, 7) is 4.01. The predicted octanol–water partition coefficient (Wildman–Crippen LogP) is -0.945. The molecule has 7 nitrogen and oxygen atoms in total. The second kappa shape index (κ2) is 6.28. The van der Waals surface area contributed by atoms with Gasteiger partial charge in [-0.05, 0) is 13.8 Å².